The minimum Gasteiger partial charge on any atom is -0.494 e. The van der Waals surface area contributed by atoms with Crippen LogP contribution in [0.3, 0.4) is 0 Å². The zero-order valence-corrected chi connectivity index (χ0v) is 28.7. The lowest BCUT2D eigenvalue weighted by molar-refractivity contribution is -0.120. The molecule has 0 saturated carbocycles. The van der Waals surface area contributed by atoms with Crippen molar-refractivity contribution in [1.29, 1.82) is 0 Å². The maximum absolute atomic E-state index is 13.8. The highest BCUT2D eigenvalue weighted by Gasteiger charge is 2.24. The molecular formula is C34H33BrCl2N4O4. The molecule has 45 heavy (non-hydrogen) atoms. The van der Waals surface area contributed by atoms with Crippen LogP contribution in [0.2, 0.25) is 10.0 Å². The number of ether oxygens (including phenoxy) is 2. The Morgan fingerprint density at radius 2 is 1.78 bits per heavy atom. The average Bonchev–Trinajstić information content (AvgIpc) is 3.48. The molecule has 0 bridgehead atoms. The molecule has 0 aliphatic heterocycles. The summed E-state index contributed by atoms with van der Waals surface area (Å²) in [5, 5.41) is 9.83. The monoisotopic (exact) mass is 710 g/mol. The van der Waals surface area contributed by atoms with Crippen LogP contribution >= 0.6 is 39.1 Å². The van der Waals surface area contributed by atoms with Crippen LogP contribution in [0, 0.1) is 27.7 Å². The summed E-state index contributed by atoms with van der Waals surface area (Å²) in [6.07, 6.45) is 1.24. The Kier molecular flexibility index (Phi) is 9.91. The van der Waals surface area contributed by atoms with Crippen molar-refractivity contribution in [2.24, 2.45) is 7.05 Å². The van der Waals surface area contributed by atoms with Gasteiger partial charge < -0.3 is 19.8 Å². The molecule has 2 N–H and O–H groups in total. The van der Waals surface area contributed by atoms with Crippen molar-refractivity contribution in [2.45, 2.75) is 47.1 Å². The minimum absolute atomic E-state index is 0.217. The molecule has 234 valence electrons. The first kappa shape index (κ1) is 32.6. The van der Waals surface area contributed by atoms with E-state index in [9.17, 15) is 9.59 Å². The first-order valence-electron chi connectivity index (χ1n) is 14.4. The largest absolute Gasteiger partial charge is 0.494 e. The molecule has 0 fully saturated rings. The standard InChI is InChI=1S/C34H33BrCl2N4O4/c1-18-11-24(12-19(2)31(18)37)44-10-6-7-26-27-8-9-28(36)30(29-20(3)40-41(5)21(29)4)32(27)39-33(26)34(43)38-16-22-13-23(35)15-25(14-22)45-17-42/h8-9,11-15,17,39H,6-7,10,16H2,1-5H3,(H,38,43). The molecule has 2 heterocycles. The van der Waals surface area contributed by atoms with E-state index in [1.165, 1.54) is 0 Å². The van der Waals surface area contributed by atoms with Crippen LogP contribution in [0.4, 0.5) is 0 Å². The third-order valence-electron chi connectivity index (χ3n) is 7.84. The van der Waals surface area contributed by atoms with E-state index in [1.54, 1.807) is 12.1 Å². The fourth-order valence-corrected chi connectivity index (χ4v) is 6.55. The summed E-state index contributed by atoms with van der Waals surface area (Å²) in [5.41, 5.74) is 8.33. The maximum atomic E-state index is 13.8. The Morgan fingerprint density at radius 3 is 2.44 bits per heavy atom. The lowest BCUT2D eigenvalue weighted by atomic mass is 9.98. The molecule has 0 spiro atoms. The van der Waals surface area contributed by atoms with Crippen LogP contribution in [0.5, 0.6) is 11.5 Å². The van der Waals surface area contributed by atoms with Gasteiger partial charge in [0, 0.05) is 45.3 Å². The summed E-state index contributed by atoms with van der Waals surface area (Å²) < 4.78 is 13.6. The molecule has 0 aliphatic rings. The molecule has 0 radical (unpaired) electrons. The number of H-pyrrole nitrogens is 1. The zero-order valence-electron chi connectivity index (χ0n) is 25.6. The second-order valence-corrected chi connectivity index (χ2v) is 12.7. The predicted molar refractivity (Wildman–Crippen MR) is 182 cm³/mol. The van der Waals surface area contributed by atoms with E-state index in [4.69, 9.17) is 32.7 Å². The van der Waals surface area contributed by atoms with Gasteiger partial charge in [0.15, 0.2) is 0 Å². The Morgan fingerprint density at radius 1 is 1.04 bits per heavy atom. The molecule has 8 nitrogen and oxygen atoms in total. The number of hydrogen-bond donors (Lipinski definition) is 2. The van der Waals surface area contributed by atoms with E-state index in [0.29, 0.717) is 42.4 Å². The smallest absolute Gasteiger partial charge is 0.298 e. The molecule has 11 heteroatoms. The van der Waals surface area contributed by atoms with Gasteiger partial charge in [-0.15, -0.1) is 0 Å². The second kappa shape index (κ2) is 13.7. The Hall–Kier alpha value is -3.79. The third-order valence-corrected chi connectivity index (χ3v) is 9.20. The number of nitrogens with one attached hydrogen (secondary N) is 2. The number of aromatic nitrogens is 3. The van der Waals surface area contributed by atoms with Gasteiger partial charge in [-0.2, -0.15) is 5.10 Å². The number of amides is 1. The molecule has 0 atom stereocenters. The number of carbonyl (C=O) groups is 2. The van der Waals surface area contributed by atoms with Gasteiger partial charge in [0.2, 0.25) is 0 Å². The van der Waals surface area contributed by atoms with Crippen LogP contribution in [0.15, 0.2) is 46.9 Å². The predicted octanol–water partition coefficient (Wildman–Crippen LogP) is 8.35. The molecule has 5 aromatic rings. The van der Waals surface area contributed by atoms with Gasteiger partial charge in [-0.25, -0.2) is 0 Å². The van der Waals surface area contributed by atoms with Crippen LogP contribution < -0.4 is 14.8 Å². The van der Waals surface area contributed by atoms with E-state index in [-0.39, 0.29) is 12.5 Å². The molecule has 0 saturated heterocycles. The first-order chi connectivity index (χ1) is 21.5. The van der Waals surface area contributed by atoms with Gasteiger partial charge in [0.25, 0.3) is 12.4 Å². The second-order valence-electron chi connectivity index (χ2n) is 11.0. The SMILES string of the molecule is Cc1cc(OCCCc2c(C(=O)NCc3cc(Br)cc(OC=O)c3)[nH]c3c(-c4c(C)nn(C)c4C)c(Cl)ccc23)cc(C)c1Cl. The Bertz CT molecular complexity index is 1910. The molecular weight excluding hydrogens is 679 g/mol. The van der Waals surface area contributed by atoms with Gasteiger partial charge in [-0.3, -0.25) is 14.3 Å². The van der Waals surface area contributed by atoms with Crippen LogP contribution in [0.25, 0.3) is 22.0 Å². The highest BCUT2D eigenvalue weighted by atomic mass is 79.9. The van der Waals surface area contributed by atoms with Crippen molar-refractivity contribution in [2.75, 3.05) is 6.61 Å². The summed E-state index contributed by atoms with van der Waals surface area (Å²) in [7, 11) is 1.90. The molecule has 1 amide bonds. The van der Waals surface area contributed by atoms with Gasteiger partial charge in [-0.05, 0) is 99.2 Å². The number of aromatic amines is 1. The Balaban J connectivity index is 1.48. The average molecular weight is 712 g/mol. The van der Waals surface area contributed by atoms with E-state index < -0.39 is 0 Å². The molecule has 0 aliphatic carbocycles. The molecule has 0 unspecified atom stereocenters. The number of fused-ring (bicyclic) bond motifs is 1. The lowest BCUT2D eigenvalue weighted by Crippen LogP contribution is -2.24. The first-order valence-corrected chi connectivity index (χ1v) is 15.9. The van der Waals surface area contributed by atoms with Crippen molar-refractivity contribution >= 4 is 62.4 Å². The number of aryl methyl sites for hydroxylation is 5. The van der Waals surface area contributed by atoms with Crippen molar-refractivity contribution in [3.05, 3.63) is 96.3 Å². The summed E-state index contributed by atoms with van der Waals surface area (Å²) in [4.78, 5) is 28.1. The third kappa shape index (κ3) is 6.90. The minimum atomic E-state index is -0.273. The number of carbonyl (C=O) groups excluding carboxylic acids is 2. The Labute approximate surface area is 280 Å². The molecule has 3 aromatic carbocycles. The van der Waals surface area contributed by atoms with Gasteiger partial charge in [0.05, 0.1) is 22.8 Å². The summed E-state index contributed by atoms with van der Waals surface area (Å²) in [6.45, 7) is 8.90. The van der Waals surface area contributed by atoms with E-state index >= 15 is 0 Å². The van der Waals surface area contributed by atoms with E-state index in [1.807, 2.05) is 69.8 Å². The fraction of sp³-hybridized carbons (Fsp3) is 0.265. The number of benzene rings is 3. The summed E-state index contributed by atoms with van der Waals surface area (Å²) >= 11 is 16.6. The zero-order chi connectivity index (χ0) is 32.4. The highest BCUT2D eigenvalue weighted by molar-refractivity contribution is 9.10. The van der Waals surface area contributed by atoms with Crippen molar-refractivity contribution in [1.82, 2.24) is 20.1 Å². The highest BCUT2D eigenvalue weighted by Crippen LogP contribution is 2.40. The number of halogens is 3. The lowest BCUT2D eigenvalue weighted by Gasteiger charge is -2.11. The number of hydrogen-bond acceptors (Lipinski definition) is 5. The number of rotatable bonds is 11. The van der Waals surface area contributed by atoms with Crippen molar-refractivity contribution in [3.8, 4) is 22.6 Å². The summed E-state index contributed by atoms with van der Waals surface area (Å²) in [6, 6.07) is 12.9. The summed E-state index contributed by atoms with van der Waals surface area (Å²) in [5.74, 6) is 0.864. The molecule has 2 aromatic heterocycles. The van der Waals surface area contributed by atoms with Crippen LogP contribution in [0.1, 0.15) is 50.6 Å². The van der Waals surface area contributed by atoms with Gasteiger partial charge in [-0.1, -0.05) is 45.2 Å². The van der Waals surface area contributed by atoms with Gasteiger partial charge in [0.1, 0.15) is 17.2 Å². The van der Waals surface area contributed by atoms with Crippen molar-refractivity contribution < 1.29 is 19.1 Å². The quantitative estimate of drug-likeness (QED) is 0.106. The van der Waals surface area contributed by atoms with E-state index in [0.717, 1.165) is 70.9 Å². The van der Waals surface area contributed by atoms with Crippen LogP contribution in [-0.2, 0) is 24.8 Å². The van der Waals surface area contributed by atoms with E-state index in [2.05, 4.69) is 31.3 Å². The topological polar surface area (TPSA) is 98.2 Å². The van der Waals surface area contributed by atoms with Gasteiger partial charge >= 0.3 is 0 Å². The number of nitrogens with zero attached hydrogens (tertiary/aromatic N) is 2. The molecule has 5 rings (SSSR count). The maximum Gasteiger partial charge on any atom is 0.298 e. The van der Waals surface area contributed by atoms with Crippen LogP contribution in [-0.4, -0.2) is 33.8 Å². The van der Waals surface area contributed by atoms with Crippen molar-refractivity contribution in [3.63, 3.8) is 0 Å². The fourth-order valence-electron chi connectivity index (χ4n) is 5.67. The normalized spacial score (nSPS) is 11.2.